The number of hydrogen-bond donors (Lipinski definition) is 2. The number of pyridine rings is 1. The van der Waals surface area contributed by atoms with Gasteiger partial charge >= 0.3 is 5.97 Å². The zero-order valence-corrected chi connectivity index (χ0v) is 23.0. The number of hydrogen-bond acceptors (Lipinski definition) is 10. The van der Waals surface area contributed by atoms with Gasteiger partial charge in [0.1, 0.15) is 18.6 Å². The molecule has 1 aliphatic heterocycles. The number of esters is 1. The number of aromatic nitrogens is 1. The molecule has 2 N–H and O–H groups in total. The number of methoxy groups -OCH3 is 2. The Morgan fingerprint density at radius 2 is 1.93 bits per heavy atom. The molecule has 0 spiro atoms. The van der Waals surface area contributed by atoms with Crippen LogP contribution in [-0.4, -0.2) is 66.3 Å². The summed E-state index contributed by atoms with van der Waals surface area (Å²) in [5.74, 6) is -1.24. The molecule has 0 bridgehead atoms. The van der Waals surface area contributed by atoms with E-state index < -0.39 is 28.8 Å². The van der Waals surface area contributed by atoms with Crippen LogP contribution in [0.5, 0.6) is 11.5 Å². The third kappa shape index (κ3) is 6.61. The molecule has 12 nitrogen and oxygen atoms in total. The van der Waals surface area contributed by atoms with Crippen LogP contribution in [0, 0.1) is 16.0 Å². The van der Waals surface area contributed by atoms with Gasteiger partial charge in [-0.2, -0.15) is 0 Å². The lowest BCUT2D eigenvalue weighted by Gasteiger charge is -2.30. The Balaban J connectivity index is 1.50. The number of fused-ring (bicyclic) bond motifs is 1. The van der Waals surface area contributed by atoms with Crippen molar-refractivity contribution in [3.05, 3.63) is 92.4 Å². The lowest BCUT2D eigenvalue weighted by molar-refractivity contribution is -0.384. The van der Waals surface area contributed by atoms with Crippen molar-refractivity contribution in [3.8, 4) is 11.5 Å². The van der Waals surface area contributed by atoms with Gasteiger partial charge in [0, 0.05) is 49.6 Å². The predicted octanol–water partition coefficient (Wildman–Crippen LogP) is 2.82. The number of carbonyl (C=O) groups excluding carboxylic acids is 1. The Morgan fingerprint density at radius 3 is 2.63 bits per heavy atom. The normalized spacial score (nSPS) is 16.7. The molecule has 3 atom stereocenters. The topological polar surface area (TPSA) is 155 Å². The molecule has 0 radical (unpaired) electrons. The average molecular weight is 565 g/mol. The number of ether oxygens (including phenoxy) is 3. The van der Waals surface area contributed by atoms with E-state index in [0.29, 0.717) is 35.0 Å². The van der Waals surface area contributed by atoms with Crippen molar-refractivity contribution >= 4 is 23.1 Å². The minimum Gasteiger partial charge on any atom is -0.493 e. The molecule has 0 saturated heterocycles. The highest BCUT2D eigenvalue weighted by Gasteiger charge is 2.40. The van der Waals surface area contributed by atoms with E-state index in [-0.39, 0.29) is 36.5 Å². The van der Waals surface area contributed by atoms with E-state index >= 15 is 0 Å². The molecule has 3 aromatic rings. The summed E-state index contributed by atoms with van der Waals surface area (Å²) < 4.78 is 17.4. The molecule has 0 aliphatic carbocycles. The van der Waals surface area contributed by atoms with Gasteiger partial charge in [-0.05, 0) is 30.7 Å². The van der Waals surface area contributed by atoms with Gasteiger partial charge in [-0.25, -0.2) is 0 Å². The fourth-order valence-corrected chi connectivity index (χ4v) is 4.89. The highest BCUT2D eigenvalue weighted by Crippen LogP contribution is 2.41. The van der Waals surface area contributed by atoms with E-state index in [0.717, 1.165) is 0 Å². The van der Waals surface area contributed by atoms with Crippen molar-refractivity contribution in [1.29, 1.82) is 0 Å². The van der Waals surface area contributed by atoms with Crippen molar-refractivity contribution < 1.29 is 29.0 Å². The molecular formula is C29H32N4O8. The Labute approximate surface area is 236 Å². The summed E-state index contributed by atoms with van der Waals surface area (Å²) in [6, 6.07) is 14.7. The molecular weight excluding hydrogens is 532 g/mol. The second-order valence-corrected chi connectivity index (χ2v) is 9.52. The number of benzene rings is 2. The van der Waals surface area contributed by atoms with Crippen LogP contribution in [-0.2, 0) is 16.1 Å². The molecule has 216 valence electrons. The van der Waals surface area contributed by atoms with E-state index in [1.807, 2.05) is 12.1 Å². The molecule has 12 heteroatoms. The minimum atomic E-state index is -0.922. The van der Waals surface area contributed by atoms with E-state index in [2.05, 4.69) is 10.3 Å². The highest BCUT2D eigenvalue weighted by atomic mass is 16.6. The van der Waals surface area contributed by atoms with E-state index in [1.165, 1.54) is 37.0 Å². The quantitative estimate of drug-likeness (QED) is 0.146. The molecule has 41 heavy (non-hydrogen) atoms. The molecule has 2 heterocycles. The number of nitro groups is 1. The Morgan fingerprint density at radius 1 is 1.17 bits per heavy atom. The second kappa shape index (κ2) is 13.2. The van der Waals surface area contributed by atoms with Crippen LogP contribution in [0.2, 0.25) is 0 Å². The number of nitrogens with zero attached hydrogens (tertiary/aromatic N) is 3. The second-order valence-electron chi connectivity index (χ2n) is 9.52. The van der Waals surface area contributed by atoms with Crippen LogP contribution in [0.3, 0.4) is 0 Å². The lowest BCUT2D eigenvalue weighted by Crippen LogP contribution is -2.39. The maximum atomic E-state index is 13.7. The summed E-state index contributed by atoms with van der Waals surface area (Å²) in [5.41, 5.74) is 1.03. The minimum absolute atomic E-state index is 0.0450. The number of para-hydroxylation sites is 2. The van der Waals surface area contributed by atoms with Crippen LogP contribution >= 0.6 is 0 Å². The summed E-state index contributed by atoms with van der Waals surface area (Å²) in [6.07, 6.45) is 0.806. The zero-order valence-electron chi connectivity index (χ0n) is 23.0. The SMILES string of the molecule is COC(=O)C1C(C)=Nc2ccn(CCNCC(O)COc3ccccc3OC)c(=O)c2C1c1cccc([N+](=O)[O-])c1. The fraction of sp³-hybridized carbons (Fsp3) is 0.345. The van der Waals surface area contributed by atoms with E-state index in [1.54, 1.807) is 37.4 Å². The van der Waals surface area contributed by atoms with Crippen molar-refractivity contribution in [1.82, 2.24) is 9.88 Å². The fourth-order valence-electron chi connectivity index (χ4n) is 4.89. The number of aliphatic hydroxyl groups is 1. The van der Waals surface area contributed by atoms with Crippen LogP contribution in [0.4, 0.5) is 11.4 Å². The molecule has 2 aromatic carbocycles. The maximum Gasteiger partial charge on any atom is 0.315 e. The lowest BCUT2D eigenvalue weighted by atomic mass is 9.76. The average Bonchev–Trinajstić information content (AvgIpc) is 2.98. The van der Waals surface area contributed by atoms with Crippen molar-refractivity contribution in [2.24, 2.45) is 10.9 Å². The third-order valence-electron chi connectivity index (χ3n) is 6.88. The number of nitrogens with one attached hydrogen (secondary N) is 1. The molecule has 0 amide bonds. The Hall–Kier alpha value is -4.55. The number of aliphatic hydroxyl groups excluding tert-OH is 1. The van der Waals surface area contributed by atoms with Gasteiger partial charge < -0.3 is 29.2 Å². The van der Waals surface area contributed by atoms with Gasteiger partial charge in [0.2, 0.25) is 0 Å². The largest absolute Gasteiger partial charge is 0.493 e. The van der Waals surface area contributed by atoms with E-state index in [4.69, 9.17) is 14.2 Å². The molecule has 3 unspecified atom stereocenters. The van der Waals surface area contributed by atoms with Crippen LogP contribution in [0.15, 0.2) is 70.6 Å². The van der Waals surface area contributed by atoms with Crippen LogP contribution in [0.25, 0.3) is 0 Å². The van der Waals surface area contributed by atoms with Crippen LogP contribution < -0.4 is 20.3 Å². The first-order chi connectivity index (χ1) is 19.7. The van der Waals surface area contributed by atoms with Crippen molar-refractivity contribution in [3.63, 3.8) is 0 Å². The monoisotopic (exact) mass is 564 g/mol. The third-order valence-corrected chi connectivity index (χ3v) is 6.88. The summed E-state index contributed by atoms with van der Waals surface area (Å²) >= 11 is 0. The van der Waals surface area contributed by atoms with Crippen molar-refractivity contribution in [2.45, 2.75) is 25.5 Å². The van der Waals surface area contributed by atoms with Gasteiger partial charge in [0.15, 0.2) is 11.5 Å². The first kappa shape index (κ1) is 29.4. The van der Waals surface area contributed by atoms with Gasteiger partial charge in [0.25, 0.3) is 11.2 Å². The van der Waals surface area contributed by atoms with Gasteiger partial charge in [0.05, 0.1) is 30.4 Å². The summed E-state index contributed by atoms with van der Waals surface area (Å²) in [5, 5.41) is 24.9. The van der Waals surface area contributed by atoms with Crippen molar-refractivity contribution in [2.75, 3.05) is 33.9 Å². The number of nitro benzene ring substituents is 1. The summed E-state index contributed by atoms with van der Waals surface area (Å²) in [4.78, 5) is 42.0. The highest BCUT2D eigenvalue weighted by molar-refractivity contribution is 6.05. The van der Waals surface area contributed by atoms with Gasteiger partial charge in [-0.15, -0.1) is 0 Å². The van der Waals surface area contributed by atoms with E-state index in [9.17, 15) is 24.8 Å². The van der Waals surface area contributed by atoms with Gasteiger partial charge in [-0.1, -0.05) is 24.3 Å². The Bertz CT molecular complexity index is 1500. The number of rotatable bonds is 12. The summed E-state index contributed by atoms with van der Waals surface area (Å²) in [6.45, 7) is 2.56. The zero-order chi connectivity index (χ0) is 29.5. The standard InChI is InChI=1S/C29H32N4O8/c1-18-25(29(36)40-3)26(19-7-6-8-20(15-19)33(37)38)27-22(31-18)11-13-32(28(27)35)14-12-30-16-21(34)17-41-24-10-5-4-9-23(24)39-2/h4-11,13,15,21,25-26,30,34H,12,14,16-17H2,1-3H3. The molecule has 1 aliphatic rings. The number of carbonyl (C=O) groups is 1. The molecule has 0 fully saturated rings. The molecule has 0 saturated carbocycles. The molecule has 4 rings (SSSR count). The number of non-ortho nitro benzene ring substituents is 1. The smallest absolute Gasteiger partial charge is 0.315 e. The molecule has 1 aromatic heterocycles. The Kier molecular flexibility index (Phi) is 9.48. The van der Waals surface area contributed by atoms with Crippen LogP contribution in [0.1, 0.15) is 24.0 Å². The maximum absolute atomic E-state index is 13.7. The first-order valence-corrected chi connectivity index (χ1v) is 13.0. The predicted molar refractivity (Wildman–Crippen MR) is 151 cm³/mol. The van der Waals surface area contributed by atoms with Gasteiger partial charge in [-0.3, -0.25) is 24.7 Å². The first-order valence-electron chi connectivity index (χ1n) is 13.0. The number of aliphatic imine (C=N–C) groups is 1. The summed E-state index contributed by atoms with van der Waals surface area (Å²) in [7, 11) is 2.79.